The van der Waals surface area contributed by atoms with Crippen molar-refractivity contribution >= 4 is 46.6 Å². The number of hydrogen-bond donors (Lipinski definition) is 3. The number of fused-ring (bicyclic) bond motifs is 3. The molecule has 1 fully saturated rings. The van der Waals surface area contributed by atoms with Gasteiger partial charge in [0.25, 0.3) is 0 Å². The first kappa shape index (κ1) is 16.4. The lowest BCUT2D eigenvalue weighted by Gasteiger charge is -2.28. The number of allylic oxidation sites excluding steroid dienone is 2. The summed E-state index contributed by atoms with van der Waals surface area (Å²) in [6.45, 7) is 3.91. The number of rotatable bonds is 4. The fourth-order valence-corrected chi connectivity index (χ4v) is 3.30. The van der Waals surface area contributed by atoms with E-state index in [0.29, 0.717) is 29.5 Å². The fourth-order valence-electron chi connectivity index (χ4n) is 3.10. The Kier molecular flexibility index (Phi) is 4.61. The Morgan fingerprint density at radius 2 is 2.12 bits per heavy atom. The van der Waals surface area contributed by atoms with Gasteiger partial charge in [0.15, 0.2) is 11.4 Å². The minimum absolute atomic E-state index is 0.0162. The lowest BCUT2D eigenvalue weighted by atomic mass is 10.3. The normalized spacial score (nSPS) is 17.4. The van der Waals surface area contributed by atoms with E-state index in [0.717, 1.165) is 48.1 Å². The average Bonchev–Trinajstić information content (AvgIpc) is 2.86. The molecule has 0 aromatic carbocycles. The molecule has 132 valence electrons. The van der Waals surface area contributed by atoms with Crippen LogP contribution in [0.3, 0.4) is 0 Å². The van der Waals surface area contributed by atoms with E-state index in [1.54, 1.807) is 0 Å². The highest BCUT2D eigenvalue weighted by atomic mass is 35.5. The first-order chi connectivity index (χ1) is 12.3. The number of nitrogens with zero attached hydrogens (tertiary/aromatic N) is 3. The SMILES string of the molecule is OCCNc1nc(N2CCNCC2)c2oc3c(c2n1)=CC(Cl)=CCC=3. The van der Waals surface area contributed by atoms with Gasteiger partial charge < -0.3 is 25.1 Å². The number of furan rings is 1. The first-order valence-corrected chi connectivity index (χ1v) is 8.82. The molecule has 0 atom stereocenters. The van der Waals surface area contributed by atoms with Gasteiger partial charge in [-0.3, -0.25) is 0 Å². The van der Waals surface area contributed by atoms with Crippen molar-refractivity contribution in [3.63, 3.8) is 0 Å². The van der Waals surface area contributed by atoms with Crippen LogP contribution in [0.1, 0.15) is 6.42 Å². The number of anilines is 2. The molecule has 0 bridgehead atoms. The van der Waals surface area contributed by atoms with E-state index in [4.69, 9.17) is 21.1 Å². The molecular formula is C17H20ClN5O2. The van der Waals surface area contributed by atoms with Gasteiger partial charge in [0, 0.05) is 43.0 Å². The number of nitrogens with one attached hydrogen (secondary N) is 2. The molecule has 0 radical (unpaired) electrons. The highest BCUT2D eigenvalue weighted by Gasteiger charge is 2.21. The minimum atomic E-state index is 0.0162. The Morgan fingerprint density at radius 3 is 2.92 bits per heavy atom. The second-order valence-corrected chi connectivity index (χ2v) is 6.43. The van der Waals surface area contributed by atoms with Crippen LogP contribution in [0.4, 0.5) is 11.8 Å². The Bertz CT molecular complexity index is 931. The second-order valence-electron chi connectivity index (χ2n) is 5.99. The molecule has 3 heterocycles. The van der Waals surface area contributed by atoms with Gasteiger partial charge in [-0.2, -0.15) is 4.98 Å². The van der Waals surface area contributed by atoms with E-state index in [-0.39, 0.29) is 6.61 Å². The molecule has 0 unspecified atom stereocenters. The molecule has 7 nitrogen and oxygen atoms in total. The smallest absolute Gasteiger partial charge is 0.225 e. The van der Waals surface area contributed by atoms with Crippen LogP contribution in [0, 0.1) is 0 Å². The van der Waals surface area contributed by atoms with Crippen LogP contribution in [0.5, 0.6) is 0 Å². The van der Waals surface area contributed by atoms with Crippen LogP contribution in [-0.2, 0) is 0 Å². The maximum absolute atomic E-state index is 9.09. The Balaban J connectivity index is 1.93. The van der Waals surface area contributed by atoms with E-state index in [1.807, 2.05) is 18.2 Å². The molecule has 8 heteroatoms. The van der Waals surface area contributed by atoms with Crippen molar-refractivity contribution in [2.24, 2.45) is 0 Å². The van der Waals surface area contributed by atoms with Gasteiger partial charge in [-0.15, -0.1) is 0 Å². The Labute approximate surface area is 149 Å². The van der Waals surface area contributed by atoms with Crippen molar-refractivity contribution in [3.8, 4) is 0 Å². The van der Waals surface area contributed by atoms with Crippen molar-refractivity contribution in [1.82, 2.24) is 15.3 Å². The summed E-state index contributed by atoms with van der Waals surface area (Å²) in [4.78, 5) is 11.5. The Morgan fingerprint density at radius 1 is 1.28 bits per heavy atom. The number of aromatic nitrogens is 2. The van der Waals surface area contributed by atoms with Crippen LogP contribution >= 0.6 is 11.6 Å². The van der Waals surface area contributed by atoms with Crippen molar-refractivity contribution in [2.75, 3.05) is 49.5 Å². The van der Waals surface area contributed by atoms with Gasteiger partial charge in [0.05, 0.1) is 6.61 Å². The second kappa shape index (κ2) is 7.03. The van der Waals surface area contributed by atoms with Crippen molar-refractivity contribution in [2.45, 2.75) is 6.42 Å². The highest BCUT2D eigenvalue weighted by Crippen LogP contribution is 2.24. The van der Waals surface area contributed by atoms with Crippen LogP contribution in [0.2, 0.25) is 0 Å². The monoisotopic (exact) mass is 361 g/mol. The molecule has 0 saturated carbocycles. The zero-order valence-corrected chi connectivity index (χ0v) is 14.5. The van der Waals surface area contributed by atoms with Crippen molar-refractivity contribution < 1.29 is 9.52 Å². The topological polar surface area (TPSA) is 86.5 Å². The molecular weight excluding hydrogens is 342 g/mol. The van der Waals surface area contributed by atoms with E-state index in [2.05, 4.69) is 25.5 Å². The van der Waals surface area contributed by atoms with Crippen LogP contribution < -0.4 is 26.2 Å². The third-order valence-corrected chi connectivity index (χ3v) is 4.55. The molecule has 0 amide bonds. The summed E-state index contributed by atoms with van der Waals surface area (Å²) in [5, 5.41) is 17.0. The lowest BCUT2D eigenvalue weighted by molar-refractivity contribution is 0.311. The quantitative estimate of drug-likeness (QED) is 0.713. The highest BCUT2D eigenvalue weighted by molar-refractivity contribution is 6.34. The summed E-state index contributed by atoms with van der Waals surface area (Å²) in [6, 6.07) is 0. The summed E-state index contributed by atoms with van der Waals surface area (Å²) in [7, 11) is 0. The third-order valence-electron chi connectivity index (χ3n) is 4.29. The zero-order valence-electron chi connectivity index (χ0n) is 13.8. The average molecular weight is 362 g/mol. The predicted molar refractivity (Wildman–Crippen MR) is 99.2 cm³/mol. The van der Waals surface area contributed by atoms with E-state index in [9.17, 15) is 0 Å². The minimum Gasteiger partial charge on any atom is -0.451 e. The van der Waals surface area contributed by atoms with E-state index < -0.39 is 0 Å². The molecule has 2 aromatic rings. The molecule has 1 saturated heterocycles. The third kappa shape index (κ3) is 3.22. The van der Waals surface area contributed by atoms with E-state index in [1.165, 1.54) is 0 Å². The maximum atomic E-state index is 9.09. The molecule has 1 aliphatic heterocycles. The van der Waals surface area contributed by atoms with E-state index >= 15 is 0 Å². The number of hydrogen-bond acceptors (Lipinski definition) is 7. The van der Waals surface area contributed by atoms with Gasteiger partial charge in [-0.05, 0) is 18.6 Å². The van der Waals surface area contributed by atoms with Gasteiger partial charge in [-0.25, -0.2) is 4.98 Å². The summed E-state index contributed by atoms with van der Waals surface area (Å²) >= 11 is 6.25. The molecule has 4 rings (SSSR count). The van der Waals surface area contributed by atoms with Crippen LogP contribution in [0.15, 0.2) is 15.5 Å². The summed E-state index contributed by atoms with van der Waals surface area (Å²) in [5.41, 5.74) is 2.19. The van der Waals surface area contributed by atoms with Crippen LogP contribution in [-0.4, -0.2) is 54.4 Å². The molecule has 0 spiro atoms. The van der Waals surface area contributed by atoms with Gasteiger partial charge >= 0.3 is 0 Å². The fraction of sp³-hybridized carbons (Fsp3) is 0.412. The van der Waals surface area contributed by atoms with Crippen molar-refractivity contribution in [1.29, 1.82) is 0 Å². The zero-order chi connectivity index (χ0) is 17.2. The van der Waals surface area contributed by atoms with Crippen molar-refractivity contribution in [3.05, 3.63) is 21.7 Å². The summed E-state index contributed by atoms with van der Waals surface area (Å²) in [5.74, 6) is 1.26. The van der Waals surface area contributed by atoms with Gasteiger partial charge in [-0.1, -0.05) is 17.7 Å². The van der Waals surface area contributed by atoms with Crippen LogP contribution in [0.25, 0.3) is 23.3 Å². The lowest BCUT2D eigenvalue weighted by Crippen LogP contribution is -2.44. The summed E-state index contributed by atoms with van der Waals surface area (Å²) < 4.78 is 6.12. The number of halogens is 1. The number of aliphatic hydroxyl groups is 1. The molecule has 2 aliphatic rings. The van der Waals surface area contributed by atoms with Gasteiger partial charge in [0.2, 0.25) is 5.95 Å². The summed E-state index contributed by atoms with van der Waals surface area (Å²) in [6.07, 6.45) is 6.54. The molecule has 25 heavy (non-hydrogen) atoms. The first-order valence-electron chi connectivity index (χ1n) is 8.45. The standard InChI is InChI=1S/C17H20ClN5O2/c18-11-2-1-3-13-12(10-11)14-15(25-13)16(23-7-4-19-5-8-23)22-17(21-14)20-6-9-24/h2-3,10,19,24H,1,4-9H2,(H,20,21,22). The Hall–Kier alpha value is -2.09. The number of piperazine rings is 1. The molecule has 1 aliphatic carbocycles. The maximum Gasteiger partial charge on any atom is 0.225 e. The van der Waals surface area contributed by atoms with Gasteiger partial charge in [0.1, 0.15) is 10.9 Å². The predicted octanol–water partition coefficient (Wildman–Crippen LogP) is 0.124. The number of aliphatic hydroxyl groups excluding tert-OH is 1. The molecule has 2 aromatic heterocycles. The largest absolute Gasteiger partial charge is 0.451 e. The molecule has 3 N–H and O–H groups in total.